The molecule has 0 unspecified atom stereocenters. The Balaban J connectivity index is 2.20. The lowest BCUT2D eigenvalue weighted by molar-refractivity contribution is 0.102. The highest BCUT2D eigenvalue weighted by Gasteiger charge is 2.10. The predicted octanol–water partition coefficient (Wildman–Crippen LogP) is 2.56. The zero-order valence-corrected chi connectivity index (χ0v) is 10.8. The van der Waals surface area contributed by atoms with Crippen LogP contribution in [0.1, 0.15) is 21.7 Å². The van der Waals surface area contributed by atoms with Gasteiger partial charge >= 0.3 is 0 Å². The molecule has 0 aliphatic carbocycles. The minimum Gasteiger partial charge on any atom is -0.319 e. The molecule has 2 aromatic rings. The lowest BCUT2D eigenvalue weighted by atomic mass is 10.2. The van der Waals surface area contributed by atoms with Gasteiger partial charge in [0.1, 0.15) is 5.69 Å². The number of hydrogen-bond acceptors (Lipinski definition) is 4. The van der Waals surface area contributed by atoms with Crippen LogP contribution in [-0.4, -0.2) is 15.9 Å². The van der Waals surface area contributed by atoms with Crippen molar-refractivity contribution in [2.75, 3.05) is 5.32 Å². The molecule has 1 aromatic heterocycles. The molecule has 0 saturated carbocycles. The lowest BCUT2D eigenvalue weighted by Gasteiger charge is -2.06. The Bertz CT molecular complexity index is 661. The number of anilines is 1. The number of nitriles is 1. The molecule has 0 atom stereocenters. The minimum atomic E-state index is -0.404. The number of amides is 1. The van der Waals surface area contributed by atoms with Crippen LogP contribution in [0.4, 0.5) is 5.69 Å². The van der Waals surface area contributed by atoms with Gasteiger partial charge in [0.05, 0.1) is 34.2 Å². The molecule has 0 saturated heterocycles. The first-order valence-electron chi connectivity index (χ1n) is 5.40. The highest BCUT2D eigenvalue weighted by atomic mass is 35.5. The molecule has 0 radical (unpaired) electrons. The molecule has 0 spiro atoms. The van der Waals surface area contributed by atoms with Crippen LogP contribution in [0.5, 0.6) is 0 Å². The Morgan fingerprint density at radius 2 is 2.16 bits per heavy atom. The fourth-order valence-electron chi connectivity index (χ4n) is 1.38. The van der Waals surface area contributed by atoms with E-state index in [-0.39, 0.29) is 5.69 Å². The summed E-state index contributed by atoms with van der Waals surface area (Å²) in [5.41, 5.74) is 1.78. The SMILES string of the molecule is Cc1cnc(C(=O)Nc2ccc(C#N)cc2Cl)cn1. The van der Waals surface area contributed by atoms with Crippen molar-refractivity contribution in [1.29, 1.82) is 5.26 Å². The summed E-state index contributed by atoms with van der Waals surface area (Å²) in [6.45, 7) is 1.78. The van der Waals surface area contributed by atoms with E-state index >= 15 is 0 Å². The standard InChI is InChI=1S/C13H9ClN4O/c1-8-6-17-12(7-16-8)13(19)18-11-3-2-9(5-15)4-10(11)14/h2-4,6-7H,1H3,(H,18,19). The number of hydrogen-bond donors (Lipinski definition) is 1. The molecular weight excluding hydrogens is 264 g/mol. The van der Waals surface area contributed by atoms with E-state index in [1.54, 1.807) is 19.1 Å². The fourth-order valence-corrected chi connectivity index (χ4v) is 1.61. The van der Waals surface area contributed by atoms with E-state index in [1.807, 2.05) is 6.07 Å². The van der Waals surface area contributed by atoms with Gasteiger partial charge in [-0.15, -0.1) is 0 Å². The van der Waals surface area contributed by atoms with Crippen LogP contribution in [0.25, 0.3) is 0 Å². The number of carbonyl (C=O) groups excluding carboxylic acids is 1. The largest absolute Gasteiger partial charge is 0.319 e. The van der Waals surface area contributed by atoms with Gasteiger partial charge in [-0.3, -0.25) is 9.78 Å². The van der Waals surface area contributed by atoms with Crippen LogP contribution in [-0.2, 0) is 0 Å². The number of rotatable bonds is 2. The van der Waals surface area contributed by atoms with Crippen molar-refractivity contribution >= 4 is 23.2 Å². The van der Waals surface area contributed by atoms with Crippen molar-refractivity contribution in [2.45, 2.75) is 6.92 Å². The van der Waals surface area contributed by atoms with Gasteiger partial charge in [-0.1, -0.05) is 11.6 Å². The van der Waals surface area contributed by atoms with E-state index in [0.29, 0.717) is 16.3 Å². The Labute approximate surface area is 114 Å². The van der Waals surface area contributed by atoms with E-state index in [9.17, 15) is 4.79 Å². The molecule has 0 aliphatic heterocycles. The summed E-state index contributed by atoms with van der Waals surface area (Å²) in [5.74, 6) is -0.404. The Morgan fingerprint density at radius 1 is 1.37 bits per heavy atom. The third-order valence-electron chi connectivity index (χ3n) is 2.36. The summed E-state index contributed by atoms with van der Waals surface area (Å²) in [6.07, 6.45) is 2.90. The molecule has 0 bridgehead atoms. The van der Waals surface area contributed by atoms with Gasteiger partial charge < -0.3 is 5.32 Å². The van der Waals surface area contributed by atoms with Crippen LogP contribution in [0.15, 0.2) is 30.6 Å². The molecule has 1 aromatic carbocycles. The van der Waals surface area contributed by atoms with E-state index in [2.05, 4.69) is 15.3 Å². The molecule has 0 fully saturated rings. The number of benzene rings is 1. The van der Waals surface area contributed by atoms with Crippen LogP contribution < -0.4 is 5.32 Å². The molecule has 19 heavy (non-hydrogen) atoms. The van der Waals surface area contributed by atoms with Crippen molar-refractivity contribution in [3.8, 4) is 6.07 Å². The highest BCUT2D eigenvalue weighted by molar-refractivity contribution is 6.34. The molecule has 6 heteroatoms. The third kappa shape index (κ3) is 3.06. The average molecular weight is 273 g/mol. The second kappa shape index (κ2) is 5.46. The number of halogens is 1. The topological polar surface area (TPSA) is 78.7 Å². The highest BCUT2D eigenvalue weighted by Crippen LogP contribution is 2.23. The van der Waals surface area contributed by atoms with Gasteiger partial charge in [0.2, 0.25) is 0 Å². The molecule has 0 aliphatic rings. The fraction of sp³-hybridized carbons (Fsp3) is 0.0769. The summed E-state index contributed by atoms with van der Waals surface area (Å²) in [5, 5.41) is 11.6. The molecule has 5 nitrogen and oxygen atoms in total. The normalized spacial score (nSPS) is 9.74. The number of carbonyl (C=O) groups is 1. The van der Waals surface area contributed by atoms with Gasteiger partial charge in [0, 0.05) is 6.20 Å². The summed E-state index contributed by atoms with van der Waals surface area (Å²) in [7, 11) is 0. The molecule has 94 valence electrons. The number of aromatic nitrogens is 2. The maximum Gasteiger partial charge on any atom is 0.275 e. The second-order valence-corrected chi connectivity index (χ2v) is 4.21. The Morgan fingerprint density at radius 3 is 2.74 bits per heavy atom. The second-order valence-electron chi connectivity index (χ2n) is 3.80. The van der Waals surface area contributed by atoms with Crippen LogP contribution in [0.3, 0.4) is 0 Å². The monoisotopic (exact) mass is 272 g/mol. The minimum absolute atomic E-state index is 0.200. The molecule has 2 rings (SSSR count). The van der Waals surface area contributed by atoms with Crippen LogP contribution >= 0.6 is 11.6 Å². The van der Waals surface area contributed by atoms with Crippen molar-refractivity contribution in [2.24, 2.45) is 0 Å². The maximum atomic E-state index is 11.9. The van der Waals surface area contributed by atoms with E-state index in [0.717, 1.165) is 5.69 Å². The summed E-state index contributed by atoms with van der Waals surface area (Å²) >= 11 is 5.96. The average Bonchev–Trinajstić information content (AvgIpc) is 2.41. The van der Waals surface area contributed by atoms with Crippen LogP contribution in [0.2, 0.25) is 5.02 Å². The molecular formula is C13H9ClN4O. The first-order chi connectivity index (χ1) is 9.10. The summed E-state index contributed by atoms with van der Waals surface area (Å²) in [6, 6.07) is 6.59. The first-order valence-corrected chi connectivity index (χ1v) is 5.77. The van der Waals surface area contributed by atoms with Gasteiger partial charge in [-0.2, -0.15) is 5.26 Å². The molecule has 1 N–H and O–H groups in total. The molecule has 1 amide bonds. The maximum absolute atomic E-state index is 11.9. The Hall–Kier alpha value is -2.45. The summed E-state index contributed by atoms with van der Waals surface area (Å²) in [4.78, 5) is 19.9. The van der Waals surface area contributed by atoms with E-state index in [4.69, 9.17) is 16.9 Å². The zero-order chi connectivity index (χ0) is 13.8. The van der Waals surface area contributed by atoms with E-state index in [1.165, 1.54) is 18.5 Å². The van der Waals surface area contributed by atoms with Gasteiger partial charge in [0.15, 0.2) is 0 Å². The van der Waals surface area contributed by atoms with Crippen molar-refractivity contribution in [1.82, 2.24) is 9.97 Å². The molecule has 1 heterocycles. The van der Waals surface area contributed by atoms with Crippen molar-refractivity contribution < 1.29 is 4.79 Å². The van der Waals surface area contributed by atoms with Gasteiger partial charge in [0.25, 0.3) is 5.91 Å². The van der Waals surface area contributed by atoms with Gasteiger partial charge in [-0.05, 0) is 25.1 Å². The predicted molar refractivity (Wildman–Crippen MR) is 70.9 cm³/mol. The zero-order valence-electron chi connectivity index (χ0n) is 10.0. The van der Waals surface area contributed by atoms with Gasteiger partial charge in [-0.25, -0.2) is 4.98 Å². The first kappa shape index (κ1) is 13.0. The van der Waals surface area contributed by atoms with Crippen molar-refractivity contribution in [3.05, 3.63) is 52.6 Å². The van der Waals surface area contributed by atoms with E-state index < -0.39 is 5.91 Å². The number of nitrogens with zero attached hydrogens (tertiary/aromatic N) is 3. The lowest BCUT2D eigenvalue weighted by Crippen LogP contribution is -2.14. The van der Waals surface area contributed by atoms with Crippen molar-refractivity contribution in [3.63, 3.8) is 0 Å². The Kier molecular flexibility index (Phi) is 3.74. The smallest absolute Gasteiger partial charge is 0.275 e. The number of aryl methyl sites for hydroxylation is 1. The number of nitrogens with one attached hydrogen (secondary N) is 1. The summed E-state index contributed by atoms with van der Waals surface area (Å²) < 4.78 is 0. The quantitative estimate of drug-likeness (QED) is 0.911. The van der Waals surface area contributed by atoms with Crippen LogP contribution in [0, 0.1) is 18.3 Å². The third-order valence-corrected chi connectivity index (χ3v) is 2.67.